The van der Waals surface area contributed by atoms with Crippen LogP contribution in [0, 0.1) is 51.0 Å². The van der Waals surface area contributed by atoms with Crippen LogP contribution < -0.4 is 21.3 Å². The minimum atomic E-state index is -1.07. The number of aliphatic hydroxyl groups excluding tert-OH is 2. The van der Waals surface area contributed by atoms with E-state index >= 15 is 0 Å². The lowest BCUT2D eigenvalue weighted by Crippen LogP contribution is -2.09. The molecule has 105 heavy (non-hydrogen) atoms. The topological polar surface area (TPSA) is 341 Å². The number of aromatic amines is 4. The fraction of sp³-hybridized carbons (Fsp3) is 0.0789. The van der Waals surface area contributed by atoms with Crippen molar-refractivity contribution in [3.63, 3.8) is 0 Å². The zero-order valence-corrected chi connectivity index (χ0v) is 58.3. The van der Waals surface area contributed by atoms with Gasteiger partial charge in [0.1, 0.15) is 58.7 Å². The average molecular weight is 1520 g/mol. The summed E-state index contributed by atoms with van der Waals surface area (Å²) in [6, 6.07) is 59.0. The molecule has 8 aromatic carbocycles. The Hall–Kier alpha value is -13.1. The summed E-state index contributed by atoms with van der Waals surface area (Å²) in [6.45, 7) is 7.58. The minimum Gasteiger partial charge on any atom is -0.380 e. The van der Waals surface area contributed by atoms with Gasteiger partial charge in [-0.1, -0.05) is 72.8 Å². The molecule has 16 aromatic rings. The second-order valence-corrected chi connectivity index (χ2v) is 23.5. The molecule has 0 spiro atoms. The molecule has 0 aliphatic rings. The van der Waals surface area contributed by atoms with E-state index in [0.717, 1.165) is 44.3 Å². The van der Waals surface area contributed by atoms with E-state index < -0.39 is 23.8 Å². The molecule has 0 amide bonds. The summed E-state index contributed by atoms with van der Waals surface area (Å²) in [7, 11) is 0. The van der Waals surface area contributed by atoms with Crippen molar-refractivity contribution in [2.75, 3.05) is 21.3 Å². The Labute approximate surface area is 611 Å². The van der Waals surface area contributed by atoms with Gasteiger partial charge >= 0.3 is 0 Å². The fourth-order valence-electron chi connectivity index (χ4n) is 10.6. The number of para-hydroxylation sites is 4. The van der Waals surface area contributed by atoms with Crippen molar-refractivity contribution < 1.29 is 37.4 Å². The normalized spacial score (nSPS) is 11.4. The molecule has 0 unspecified atom stereocenters. The zero-order valence-electron chi connectivity index (χ0n) is 55.9. The number of hydrogen-bond donors (Lipinski definition) is 10. The molecule has 2 atom stereocenters. The summed E-state index contributed by atoms with van der Waals surface area (Å²) in [5.74, 6) is 2.68. The third-order valence-corrected chi connectivity index (χ3v) is 15.7. The molecule has 29 heteroatoms. The number of nitrogens with one attached hydrogen (secondary N) is 8. The molecule has 24 nitrogen and oxygen atoms in total. The van der Waals surface area contributed by atoms with Crippen LogP contribution >= 0.6 is 24.0 Å². The van der Waals surface area contributed by atoms with Crippen LogP contribution in [0.15, 0.2) is 218 Å². The van der Waals surface area contributed by atoms with Crippen LogP contribution in [0.25, 0.3) is 43.6 Å². The lowest BCUT2D eigenvalue weighted by molar-refractivity contribution is 0.102. The van der Waals surface area contributed by atoms with E-state index in [-0.39, 0.29) is 70.5 Å². The summed E-state index contributed by atoms with van der Waals surface area (Å²) in [5, 5.41) is 65.0. The van der Waals surface area contributed by atoms with E-state index in [1.54, 1.807) is 12.1 Å². The van der Waals surface area contributed by atoms with Crippen LogP contribution in [0.4, 0.5) is 64.1 Å². The van der Waals surface area contributed by atoms with Crippen molar-refractivity contribution in [2.24, 2.45) is 0 Å². The number of aromatic nitrogens is 16. The van der Waals surface area contributed by atoms with Crippen molar-refractivity contribution in [1.29, 1.82) is 0 Å². The third-order valence-electron chi connectivity index (χ3n) is 15.7. The van der Waals surface area contributed by atoms with E-state index in [1.165, 1.54) is 97.1 Å². The standard InChI is InChI=1S/2C19H16FN5O.2C19H14FN5O.HI/c4*1-11-10-16(25-24-11)22-18-14-4-2-3-5-15(14)21-19(23-18)17(26)12-6-8-13(20)9-7-12;/h2*2-10,17,26H,1H3,(H2,21,22,23,24,25);2*2-10H,1H3,(H2,21,22,23,24,25);1H/t2*17-;;;/m10.../s1. The second-order valence-electron chi connectivity index (χ2n) is 23.5. The van der Waals surface area contributed by atoms with Crippen LogP contribution in [-0.4, -0.2) is 102 Å². The van der Waals surface area contributed by atoms with Crippen molar-refractivity contribution in [1.82, 2.24) is 80.7 Å². The first-order valence-electron chi connectivity index (χ1n) is 32.1. The quantitative estimate of drug-likeness (QED) is 0.0244. The molecule has 10 N–H and O–H groups in total. The van der Waals surface area contributed by atoms with Gasteiger partial charge in [0.25, 0.3) is 0 Å². The molecule has 0 saturated carbocycles. The molecular formula is C76H61F4IN20O4. The van der Waals surface area contributed by atoms with Gasteiger partial charge in [-0.15, -0.1) is 24.0 Å². The largest absolute Gasteiger partial charge is 0.380 e. The molecule has 0 aliphatic carbocycles. The molecule has 0 bridgehead atoms. The summed E-state index contributed by atoms with van der Waals surface area (Å²) in [6.07, 6.45) is -2.14. The van der Waals surface area contributed by atoms with E-state index in [0.29, 0.717) is 90.9 Å². The lowest BCUT2D eigenvalue weighted by atomic mass is 10.1. The van der Waals surface area contributed by atoms with Gasteiger partial charge in [0.05, 0.1) is 22.1 Å². The number of carbonyl (C=O) groups excluding carboxylic acids is 2. The predicted octanol–water partition coefficient (Wildman–Crippen LogP) is 15.4. The van der Waals surface area contributed by atoms with Gasteiger partial charge in [-0.3, -0.25) is 30.0 Å². The molecule has 0 saturated heterocycles. The summed E-state index contributed by atoms with van der Waals surface area (Å²) in [5.41, 5.74) is 7.93. The van der Waals surface area contributed by atoms with Gasteiger partial charge in [0.15, 0.2) is 34.9 Å². The minimum absolute atomic E-state index is 0. The third kappa shape index (κ3) is 17.4. The van der Waals surface area contributed by atoms with E-state index in [1.807, 2.05) is 137 Å². The highest BCUT2D eigenvalue weighted by Crippen LogP contribution is 2.32. The highest BCUT2D eigenvalue weighted by molar-refractivity contribution is 14.0. The first kappa shape index (κ1) is 71.7. The number of ketones is 2. The van der Waals surface area contributed by atoms with Crippen LogP contribution in [-0.2, 0) is 0 Å². The van der Waals surface area contributed by atoms with Crippen LogP contribution in [0.2, 0.25) is 0 Å². The molecule has 8 aromatic heterocycles. The Kier molecular flexibility index (Phi) is 22.0. The van der Waals surface area contributed by atoms with E-state index in [4.69, 9.17) is 0 Å². The van der Waals surface area contributed by atoms with Gasteiger partial charge in [-0.25, -0.2) is 57.4 Å². The molecule has 8 heterocycles. The fourth-order valence-corrected chi connectivity index (χ4v) is 10.6. The van der Waals surface area contributed by atoms with Crippen LogP contribution in [0.5, 0.6) is 0 Å². The number of anilines is 8. The highest BCUT2D eigenvalue weighted by Gasteiger charge is 2.22. The van der Waals surface area contributed by atoms with Gasteiger partial charge in [0.2, 0.25) is 23.2 Å². The average Bonchev–Trinajstić information content (AvgIpc) is 1.80. The number of carbonyl (C=O) groups is 2. The predicted molar refractivity (Wildman–Crippen MR) is 401 cm³/mol. The Bertz CT molecular complexity index is 5400. The maximum Gasteiger partial charge on any atom is 0.230 e. The number of nitrogens with zero attached hydrogens (tertiary/aromatic N) is 12. The number of fused-ring (bicyclic) bond motifs is 4. The lowest BCUT2D eigenvalue weighted by Gasteiger charge is -2.13. The molecule has 0 radical (unpaired) electrons. The van der Waals surface area contributed by atoms with E-state index in [2.05, 4.69) is 102 Å². The second kappa shape index (κ2) is 32.2. The SMILES string of the molecule is Cc1cc(Nc2nc(C(=O)c3ccc(F)cc3)nc3ccccc23)n[nH]1.Cc1cc(Nc2nc(C(=O)c3ccc(F)cc3)nc3ccccc23)n[nH]1.Cc1cc(Nc2nc([C@@H](O)c3ccc(F)cc3)nc3ccccc23)n[nH]1.Cc1cc(Nc2nc([C@H](O)c3ccc(F)cc3)nc3ccccc23)n[nH]1.I. The molecule has 0 fully saturated rings. The first-order chi connectivity index (χ1) is 50.4. The zero-order chi connectivity index (χ0) is 72.4. The van der Waals surface area contributed by atoms with Gasteiger partial charge in [-0.05, 0) is 160 Å². The number of aryl methyl sites for hydroxylation is 4. The summed E-state index contributed by atoms with van der Waals surface area (Å²) >= 11 is 0. The smallest absolute Gasteiger partial charge is 0.230 e. The molecule has 524 valence electrons. The Morgan fingerprint density at radius 1 is 0.333 bits per heavy atom. The Balaban J connectivity index is 0.000000131. The van der Waals surface area contributed by atoms with Crippen LogP contribution in [0.3, 0.4) is 0 Å². The Morgan fingerprint density at radius 3 is 0.848 bits per heavy atom. The molecule has 16 rings (SSSR count). The van der Waals surface area contributed by atoms with Crippen LogP contribution in [0.1, 0.15) is 90.1 Å². The van der Waals surface area contributed by atoms with E-state index in [9.17, 15) is 37.4 Å². The van der Waals surface area contributed by atoms with Gasteiger partial charge < -0.3 is 31.5 Å². The van der Waals surface area contributed by atoms with Gasteiger partial charge in [-0.2, -0.15) is 20.4 Å². The molecular weight excluding hydrogens is 1460 g/mol. The number of benzene rings is 8. The molecule has 0 aliphatic heterocycles. The number of rotatable bonds is 16. The van der Waals surface area contributed by atoms with Crippen molar-refractivity contribution in [3.8, 4) is 0 Å². The number of H-pyrrole nitrogens is 4. The number of aliphatic hydroxyl groups is 2. The monoisotopic (exact) mass is 1520 g/mol. The van der Waals surface area contributed by atoms with Gasteiger partial charge in [0, 0.05) is 79.7 Å². The Morgan fingerprint density at radius 2 is 0.581 bits per heavy atom. The van der Waals surface area contributed by atoms with Crippen molar-refractivity contribution in [3.05, 3.63) is 310 Å². The van der Waals surface area contributed by atoms with Crippen molar-refractivity contribution >= 4 is 126 Å². The highest BCUT2D eigenvalue weighted by atomic mass is 127. The summed E-state index contributed by atoms with van der Waals surface area (Å²) < 4.78 is 52.5. The number of hydrogen-bond acceptors (Lipinski definition) is 20. The number of halogens is 5. The maximum atomic E-state index is 13.1. The van der Waals surface area contributed by atoms with Crippen molar-refractivity contribution in [2.45, 2.75) is 39.9 Å². The maximum absolute atomic E-state index is 13.1. The first-order valence-corrected chi connectivity index (χ1v) is 32.1. The summed E-state index contributed by atoms with van der Waals surface area (Å²) in [4.78, 5) is 60.8.